The van der Waals surface area contributed by atoms with Crippen molar-refractivity contribution >= 4 is 33.8 Å². The van der Waals surface area contributed by atoms with Crippen molar-refractivity contribution in [2.24, 2.45) is 0 Å². The molecule has 1 heterocycles. The van der Waals surface area contributed by atoms with Gasteiger partial charge in [-0.05, 0) is 22.0 Å². The van der Waals surface area contributed by atoms with Gasteiger partial charge in [0.05, 0.1) is 0 Å². The van der Waals surface area contributed by atoms with Gasteiger partial charge in [0.1, 0.15) is 5.15 Å². The summed E-state index contributed by atoms with van der Waals surface area (Å²) in [5.74, 6) is 0. The summed E-state index contributed by atoms with van der Waals surface area (Å²) in [4.78, 5) is 13.9. The lowest BCUT2D eigenvalue weighted by Crippen LogP contribution is -1.84. The second kappa shape index (κ2) is 3.12. The normalized spacial score (nSPS) is 9.40. The van der Waals surface area contributed by atoms with Crippen LogP contribution in [0.1, 0.15) is 10.4 Å². The summed E-state index contributed by atoms with van der Waals surface area (Å²) < 4.78 is 0.669. The number of hydrogen-bond donors (Lipinski definition) is 0. The summed E-state index contributed by atoms with van der Waals surface area (Å²) in [5.41, 5.74) is 0.504. The van der Waals surface area contributed by atoms with Gasteiger partial charge < -0.3 is 0 Å². The minimum atomic E-state index is 0.373. The minimum Gasteiger partial charge on any atom is -0.298 e. The highest BCUT2D eigenvalue weighted by Crippen LogP contribution is 2.17. The molecule has 2 nitrogen and oxygen atoms in total. The van der Waals surface area contributed by atoms with Crippen molar-refractivity contribution in [1.29, 1.82) is 0 Å². The summed E-state index contributed by atoms with van der Waals surface area (Å²) in [7, 11) is 0. The van der Waals surface area contributed by atoms with Crippen molar-refractivity contribution in [2.45, 2.75) is 0 Å². The van der Waals surface area contributed by atoms with Gasteiger partial charge in [-0.2, -0.15) is 0 Å². The van der Waals surface area contributed by atoms with Crippen molar-refractivity contribution in [3.63, 3.8) is 0 Å². The zero-order valence-electron chi connectivity index (χ0n) is 4.84. The Morgan fingerprint density at radius 2 is 2.40 bits per heavy atom. The molecule has 0 saturated heterocycles. The van der Waals surface area contributed by atoms with Gasteiger partial charge >= 0.3 is 0 Å². The number of hydrogen-bond acceptors (Lipinski definition) is 2. The molecular formula is C6H3BrClNO. The first-order chi connectivity index (χ1) is 4.74. The summed E-state index contributed by atoms with van der Waals surface area (Å²) in [5, 5.41) is 0.373. The van der Waals surface area contributed by atoms with Crippen LogP contribution in [0, 0.1) is 0 Å². The molecule has 0 radical (unpaired) electrons. The average molecular weight is 220 g/mol. The molecule has 0 bridgehead atoms. The van der Waals surface area contributed by atoms with Crippen LogP contribution in [-0.2, 0) is 0 Å². The maximum atomic E-state index is 10.2. The van der Waals surface area contributed by atoms with Crippen LogP contribution < -0.4 is 0 Å². The van der Waals surface area contributed by atoms with Gasteiger partial charge in [-0.1, -0.05) is 11.6 Å². The average Bonchev–Trinajstić information content (AvgIpc) is 1.88. The van der Waals surface area contributed by atoms with Crippen molar-refractivity contribution in [3.05, 3.63) is 27.5 Å². The third-order valence-electron chi connectivity index (χ3n) is 0.976. The first kappa shape index (κ1) is 7.69. The Labute approximate surface area is 71.3 Å². The fourth-order valence-corrected chi connectivity index (χ4v) is 1.21. The Kier molecular flexibility index (Phi) is 2.40. The second-order valence-corrected chi connectivity index (χ2v) is 2.89. The highest BCUT2D eigenvalue weighted by molar-refractivity contribution is 9.10. The van der Waals surface area contributed by atoms with Crippen LogP contribution in [0.15, 0.2) is 16.7 Å². The third-order valence-corrected chi connectivity index (χ3v) is 1.87. The Morgan fingerprint density at radius 3 is 2.90 bits per heavy atom. The van der Waals surface area contributed by atoms with E-state index in [9.17, 15) is 4.79 Å². The van der Waals surface area contributed by atoms with Gasteiger partial charge in [-0.25, -0.2) is 4.98 Å². The maximum Gasteiger partial charge on any atom is 0.152 e. The number of nitrogens with zero attached hydrogens (tertiary/aromatic N) is 1. The third kappa shape index (κ3) is 1.55. The molecule has 10 heavy (non-hydrogen) atoms. The Hall–Kier alpha value is -0.410. The van der Waals surface area contributed by atoms with Crippen molar-refractivity contribution in [1.82, 2.24) is 4.98 Å². The summed E-state index contributed by atoms with van der Waals surface area (Å²) in [6.45, 7) is 0. The number of pyridine rings is 1. The maximum absolute atomic E-state index is 10.2. The molecule has 0 N–H and O–H groups in total. The molecule has 1 aromatic rings. The molecule has 0 aromatic carbocycles. The largest absolute Gasteiger partial charge is 0.298 e. The standard InChI is InChI=1S/C6H3BrClNO/c7-5-1-6(8)9-2-4(5)3-10/h1-3H. The van der Waals surface area contributed by atoms with E-state index in [1.807, 2.05) is 0 Å². The number of carbonyl (C=O) groups excluding carboxylic acids is 1. The molecular weight excluding hydrogens is 217 g/mol. The quantitative estimate of drug-likeness (QED) is 0.537. The monoisotopic (exact) mass is 219 g/mol. The van der Waals surface area contributed by atoms with Crippen molar-refractivity contribution < 1.29 is 4.79 Å². The molecule has 4 heteroatoms. The molecule has 0 saturated carbocycles. The molecule has 0 atom stereocenters. The summed E-state index contributed by atoms with van der Waals surface area (Å²) in [6.07, 6.45) is 2.13. The van der Waals surface area contributed by atoms with E-state index >= 15 is 0 Å². The van der Waals surface area contributed by atoms with Gasteiger partial charge in [0.15, 0.2) is 6.29 Å². The number of carbonyl (C=O) groups is 1. The molecule has 0 amide bonds. The SMILES string of the molecule is O=Cc1cnc(Cl)cc1Br. The fraction of sp³-hybridized carbons (Fsp3) is 0. The number of halogens is 2. The zero-order valence-corrected chi connectivity index (χ0v) is 7.19. The van der Waals surface area contributed by atoms with E-state index in [0.717, 1.165) is 0 Å². The van der Waals surface area contributed by atoms with E-state index in [1.54, 1.807) is 6.07 Å². The lowest BCUT2D eigenvalue weighted by molar-refractivity contribution is 0.112. The van der Waals surface area contributed by atoms with Gasteiger partial charge in [0, 0.05) is 16.2 Å². The highest BCUT2D eigenvalue weighted by Gasteiger charge is 1.98. The van der Waals surface area contributed by atoms with Crippen molar-refractivity contribution in [2.75, 3.05) is 0 Å². The molecule has 0 aliphatic rings. The van der Waals surface area contributed by atoms with Crippen LogP contribution in [-0.4, -0.2) is 11.3 Å². The predicted octanol–water partition coefficient (Wildman–Crippen LogP) is 2.31. The van der Waals surface area contributed by atoms with Gasteiger partial charge in [0.25, 0.3) is 0 Å². The zero-order chi connectivity index (χ0) is 7.56. The van der Waals surface area contributed by atoms with E-state index < -0.39 is 0 Å². The smallest absolute Gasteiger partial charge is 0.152 e. The van der Waals surface area contributed by atoms with Gasteiger partial charge in [-0.15, -0.1) is 0 Å². The Balaban J connectivity index is 3.19. The number of aldehydes is 1. The molecule has 52 valence electrons. The van der Waals surface area contributed by atoms with E-state index in [1.165, 1.54) is 6.20 Å². The molecule has 0 aliphatic heterocycles. The minimum absolute atomic E-state index is 0.373. The summed E-state index contributed by atoms with van der Waals surface area (Å²) >= 11 is 8.67. The van der Waals surface area contributed by atoms with Gasteiger partial charge in [-0.3, -0.25) is 4.79 Å². The molecule has 0 spiro atoms. The van der Waals surface area contributed by atoms with E-state index in [0.29, 0.717) is 21.5 Å². The fourth-order valence-electron chi connectivity index (χ4n) is 0.505. The van der Waals surface area contributed by atoms with Crippen LogP contribution >= 0.6 is 27.5 Å². The Bertz CT molecular complexity index is 264. The molecule has 0 aliphatic carbocycles. The first-order valence-corrected chi connectivity index (χ1v) is 3.67. The molecule has 1 aromatic heterocycles. The van der Waals surface area contributed by atoms with Crippen LogP contribution in [0.3, 0.4) is 0 Å². The lowest BCUT2D eigenvalue weighted by Gasteiger charge is -1.93. The molecule has 0 unspecified atom stereocenters. The predicted molar refractivity (Wildman–Crippen MR) is 42.3 cm³/mol. The second-order valence-electron chi connectivity index (χ2n) is 1.65. The van der Waals surface area contributed by atoms with Gasteiger partial charge in [0.2, 0.25) is 0 Å². The highest BCUT2D eigenvalue weighted by atomic mass is 79.9. The van der Waals surface area contributed by atoms with Crippen LogP contribution in [0.5, 0.6) is 0 Å². The van der Waals surface area contributed by atoms with Crippen LogP contribution in [0.25, 0.3) is 0 Å². The van der Waals surface area contributed by atoms with Crippen LogP contribution in [0.4, 0.5) is 0 Å². The van der Waals surface area contributed by atoms with E-state index in [4.69, 9.17) is 11.6 Å². The van der Waals surface area contributed by atoms with E-state index in [-0.39, 0.29) is 0 Å². The number of aromatic nitrogens is 1. The Morgan fingerprint density at radius 1 is 1.70 bits per heavy atom. The van der Waals surface area contributed by atoms with Crippen LogP contribution in [0.2, 0.25) is 5.15 Å². The topological polar surface area (TPSA) is 30.0 Å². The van der Waals surface area contributed by atoms with Crippen molar-refractivity contribution in [3.8, 4) is 0 Å². The molecule has 1 rings (SSSR count). The summed E-state index contributed by atoms with van der Waals surface area (Å²) in [6, 6.07) is 1.57. The van der Waals surface area contributed by atoms with E-state index in [2.05, 4.69) is 20.9 Å². The first-order valence-electron chi connectivity index (χ1n) is 2.50. The number of rotatable bonds is 1. The lowest BCUT2D eigenvalue weighted by atomic mass is 10.3. The molecule has 0 fully saturated rings.